The lowest BCUT2D eigenvalue weighted by Crippen LogP contribution is -2.28. The molecule has 4 aromatic carbocycles. The van der Waals surface area contributed by atoms with E-state index in [9.17, 15) is 9.90 Å². The van der Waals surface area contributed by atoms with E-state index in [1.54, 1.807) is 25.1 Å². The van der Waals surface area contributed by atoms with Crippen LogP contribution in [0.5, 0.6) is 5.75 Å². The standard InChI is InChI=1S/C29H26N4O4/c1-29(35,23-15-8-9-18-26(23)36-19-21-11-4-2-5-12-21)24-16-10-17-25-27(24)33(32-30-25)31-28(34)37-20-22-13-6-3-7-14-22/h2-18,35H,19-20H2,1H3,(H,31,34). The van der Waals surface area contributed by atoms with E-state index in [0.717, 1.165) is 11.1 Å². The fraction of sp³-hybridized carbons (Fsp3) is 0.138. The van der Waals surface area contributed by atoms with Crippen molar-refractivity contribution in [3.63, 3.8) is 0 Å². The van der Waals surface area contributed by atoms with Crippen molar-refractivity contribution >= 4 is 17.1 Å². The fourth-order valence-corrected chi connectivity index (χ4v) is 4.16. The zero-order chi connectivity index (χ0) is 25.7. The van der Waals surface area contributed by atoms with E-state index in [0.29, 0.717) is 34.5 Å². The highest BCUT2D eigenvalue weighted by Gasteiger charge is 2.33. The van der Waals surface area contributed by atoms with Crippen LogP contribution < -0.4 is 10.2 Å². The van der Waals surface area contributed by atoms with Crippen LogP contribution in [0.15, 0.2) is 103 Å². The minimum atomic E-state index is -1.50. The van der Waals surface area contributed by atoms with Gasteiger partial charge in [0.2, 0.25) is 0 Å². The molecular formula is C29H26N4O4. The van der Waals surface area contributed by atoms with Gasteiger partial charge in [-0.1, -0.05) is 91.0 Å². The number of aliphatic hydroxyl groups is 1. The average molecular weight is 495 g/mol. The zero-order valence-electron chi connectivity index (χ0n) is 20.2. The van der Waals surface area contributed by atoms with Gasteiger partial charge >= 0.3 is 6.09 Å². The number of ether oxygens (including phenoxy) is 2. The molecular weight excluding hydrogens is 468 g/mol. The van der Waals surface area contributed by atoms with Gasteiger partial charge in [0.05, 0.1) is 0 Å². The molecule has 1 unspecified atom stereocenters. The number of nitrogens with one attached hydrogen (secondary N) is 1. The topological polar surface area (TPSA) is 98.5 Å². The van der Waals surface area contributed by atoms with Crippen molar-refractivity contribution in [2.45, 2.75) is 25.7 Å². The van der Waals surface area contributed by atoms with Gasteiger partial charge in [0.15, 0.2) is 0 Å². The summed E-state index contributed by atoms with van der Waals surface area (Å²) in [5.74, 6) is 0.544. The Morgan fingerprint density at radius 1 is 0.838 bits per heavy atom. The first-order valence-electron chi connectivity index (χ1n) is 11.8. The number of carbonyl (C=O) groups is 1. The van der Waals surface area contributed by atoms with Crippen LogP contribution in [0.1, 0.15) is 29.2 Å². The Labute approximate surface area is 214 Å². The molecule has 0 bridgehead atoms. The minimum absolute atomic E-state index is 0.107. The first-order valence-corrected chi connectivity index (χ1v) is 11.8. The number of hydrogen-bond acceptors (Lipinski definition) is 6. The minimum Gasteiger partial charge on any atom is -0.488 e. The molecule has 0 aliphatic carbocycles. The van der Waals surface area contributed by atoms with Gasteiger partial charge in [0, 0.05) is 11.1 Å². The zero-order valence-corrected chi connectivity index (χ0v) is 20.2. The summed E-state index contributed by atoms with van der Waals surface area (Å²) in [7, 11) is 0. The monoisotopic (exact) mass is 494 g/mol. The summed E-state index contributed by atoms with van der Waals surface area (Å²) in [6.07, 6.45) is -0.698. The third kappa shape index (κ3) is 5.29. The molecule has 0 fully saturated rings. The van der Waals surface area contributed by atoms with Crippen LogP contribution in [0.4, 0.5) is 4.79 Å². The summed E-state index contributed by atoms with van der Waals surface area (Å²) >= 11 is 0. The Morgan fingerprint density at radius 2 is 1.46 bits per heavy atom. The van der Waals surface area contributed by atoms with Crippen LogP contribution in [0.3, 0.4) is 0 Å². The van der Waals surface area contributed by atoms with Crippen molar-refractivity contribution in [1.29, 1.82) is 0 Å². The van der Waals surface area contributed by atoms with E-state index < -0.39 is 11.7 Å². The number of benzene rings is 4. The van der Waals surface area contributed by atoms with Crippen LogP contribution in [0.25, 0.3) is 11.0 Å². The van der Waals surface area contributed by atoms with E-state index >= 15 is 0 Å². The molecule has 0 spiro atoms. The molecule has 2 N–H and O–H groups in total. The van der Waals surface area contributed by atoms with E-state index in [4.69, 9.17) is 9.47 Å². The van der Waals surface area contributed by atoms with E-state index in [2.05, 4.69) is 15.7 Å². The van der Waals surface area contributed by atoms with Gasteiger partial charge in [0.25, 0.3) is 0 Å². The lowest BCUT2D eigenvalue weighted by molar-refractivity contribution is 0.0984. The maximum atomic E-state index is 12.5. The highest BCUT2D eigenvalue weighted by molar-refractivity contribution is 5.84. The van der Waals surface area contributed by atoms with Gasteiger partial charge in [-0.05, 0) is 35.4 Å². The molecule has 0 aliphatic heterocycles. The summed E-state index contributed by atoms with van der Waals surface area (Å²) in [4.78, 5) is 13.8. The third-order valence-corrected chi connectivity index (χ3v) is 6.05. The molecule has 0 saturated carbocycles. The molecule has 1 aromatic heterocycles. The highest BCUT2D eigenvalue weighted by atomic mass is 16.6. The predicted molar refractivity (Wildman–Crippen MR) is 139 cm³/mol. The van der Waals surface area contributed by atoms with E-state index in [1.165, 1.54) is 4.79 Å². The fourth-order valence-electron chi connectivity index (χ4n) is 4.16. The number of nitrogens with zero attached hydrogens (tertiary/aromatic N) is 3. The summed E-state index contributed by atoms with van der Waals surface area (Å²) in [5, 5.41) is 20.1. The second-order valence-electron chi connectivity index (χ2n) is 8.69. The Bertz CT molecular complexity index is 1500. The van der Waals surface area contributed by atoms with Crippen LogP contribution in [-0.2, 0) is 23.6 Å². The molecule has 8 heteroatoms. The first-order chi connectivity index (χ1) is 18.0. The van der Waals surface area contributed by atoms with Crippen LogP contribution in [0, 0.1) is 0 Å². The van der Waals surface area contributed by atoms with Crippen LogP contribution in [-0.4, -0.2) is 26.3 Å². The number of fused-ring (bicyclic) bond motifs is 1. The normalized spacial score (nSPS) is 12.6. The van der Waals surface area contributed by atoms with Crippen molar-refractivity contribution in [3.8, 4) is 5.75 Å². The Balaban J connectivity index is 1.42. The van der Waals surface area contributed by atoms with Crippen molar-refractivity contribution in [2.75, 3.05) is 5.43 Å². The molecule has 0 radical (unpaired) electrons. The lowest BCUT2D eigenvalue weighted by atomic mass is 9.86. The average Bonchev–Trinajstić information content (AvgIpc) is 3.34. The van der Waals surface area contributed by atoms with Gasteiger partial charge < -0.3 is 14.6 Å². The van der Waals surface area contributed by atoms with Gasteiger partial charge in [-0.3, -0.25) is 0 Å². The van der Waals surface area contributed by atoms with Crippen molar-refractivity contribution in [1.82, 2.24) is 15.1 Å². The summed E-state index contributed by atoms with van der Waals surface area (Å²) in [6.45, 7) is 2.14. The Hall–Kier alpha value is -4.69. The van der Waals surface area contributed by atoms with Crippen LogP contribution >= 0.6 is 0 Å². The summed E-state index contributed by atoms with van der Waals surface area (Å²) in [6, 6.07) is 31.8. The molecule has 186 valence electrons. The molecule has 1 amide bonds. The maximum absolute atomic E-state index is 12.5. The van der Waals surface area contributed by atoms with Crippen LogP contribution in [0.2, 0.25) is 0 Å². The second-order valence-corrected chi connectivity index (χ2v) is 8.69. The molecule has 0 aliphatic rings. The second kappa shape index (κ2) is 10.5. The number of para-hydroxylation sites is 2. The van der Waals surface area contributed by atoms with E-state index in [1.807, 2.05) is 84.9 Å². The van der Waals surface area contributed by atoms with Gasteiger partial charge in [-0.25, -0.2) is 10.2 Å². The number of rotatable bonds is 8. The highest BCUT2D eigenvalue weighted by Crippen LogP contribution is 2.38. The summed E-state index contributed by atoms with van der Waals surface area (Å²) < 4.78 is 11.4. The third-order valence-electron chi connectivity index (χ3n) is 6.05. The maximum Gasteiger partial charge on any atom is 0.428 e. The largest absolute Gasteiger partial charge is 0.488 e. The van der Waals surface area contributed by atoms with Crippen molar-refractivity contribution in [2.24, 2.45) is 0 Å². The summed E-state index contributed by atoms with van der Waals surface area (Å²) in [5.41, 5.74) is 4.99. The molecule has 5 aromatic rings. The quantitative estimate of drug-likeness (QED) is 0.310. The predicted octanol–water partition coefficient (Wildman–Crippen LogP) is 5.15. The van der Waals surface area contributed by atoms with Crippen molar-refractivity contribution in [3.05, 3.63) is 125 Å². The molecule has 1 heterocycles. The van der Waals surface area contributed by atoms with Gasteiger partial charge in [0.1, 0.15) is 35.6 Å². The molecule has 1 atom stereocenters. The number of aromatic nitrogens is 3. The Kier molecular flexibility index (Phi) is 6.83. The SMILES string of the molecule is CC(O)(c1ccccc1OCc1ccccc1)c1cccc2nnn(NC(=O)OCc3ccccc3)c12. The first kappa shape index (κ1) is 24.0. The van der Waals surface area contributed by atoms with E-state index in [-0.39, 0.29) is 6.61 Å². The molecule has 8 nitrogen and oxygen atoms in total. The molecule has 37 heavy (non-hydrogen) atoms. The lowest BCUT2D eigenvalue weighted by Gasteiger charge is -2.27. The van der Waals surface area contributed by atoms with Gasteiger partial charge in [-0.2, -0.15) is 0 Å². The number of carbonyl (C=O) groups excluding carboxylic acids is 1. The van der Waals surface area contributed by atoms with Gasteiger partial charge in [-0.15, -0.1) is 9.89 Å². The number of hydrogen-bond donors (Lipinski definition) is 2. The smallest absolute Gasteiger partial charge is 0.428 e. The van der Waals surface area contributed by atoms with Crippen molar-refractivity contribution < 1.29 is 19.4 Å². The Morgan fingerprint density at radius 3 is 2.19 bits per heavy atom. The molecule has 5 rings (SSSR count). The molecule has 0 saturated heterocycles. The number of amides is 1.